The molecule has 4 aliphatic rings. The second kappa shape index (κ2) is 23.8. The van der Waals surface area contributed by atoms with Crippen LogP contribution in [0.5, 0.6) is 28.7 Å². The van der Waals surface area contributed by atoms with Crippen molar-refractivity contribution in [1.82, 2.24) is 51.0 Å². The largest absolute Gasteiger partial charge is 0.503 e. The molecule has 4 amide bonds. The van der Waals surface area contributed by atoms with E-state index in [-0.39, 0.29) is 86.1 Å². The van der Waals surface area contributed by atoms with Crippen LogP contribution in [0.4, 0.5) is 0 Å². The van der Waals surface area contributed by atoms with E-state index < -0.39 is 58.2 Å². The van der Waals surface area contributed by atoms with Crippen LogP contribution in [0.3, 0.4) is 0 Å². The molecule has 0 unspecified atom stereocenters. The lowest BCUT2D eigenvalue weighted by atomic mass is 10.1. The van der Waals surface area contributed by atoms with Crippen LogP contribution in [0.15, 0.2) is 122 Å². The van der Waals surface area contributed by atoms with Gasteiger partial charge in [-0.3, -0.25) is 29.0 Å². The summed E-state index contributed by atoms with van der Waals surface area (Å²) in [5.74, 6) is -2.03. The fourth-order valence-corrected chi connectivity index (χ4v) is 8.92. The first-order valence-electron chi connectivity index (χ1n) is 25.5. The van der Waals surface area contributed by atoms with Gasteiger partial charge in [0.2, 0.25) is 11.3 Å². The van der Waals surface area contributed by atoms with E-state index in [1.807, 2.05) is 48.5 Å². The Bertz CT molecular complexity index is 3560. The number of hydrazine groups is 2. The van der Waals surface area contributed by atoms with E-state index >= 15 is 0 Å². The molecule has 4 aliphatic heterocycles. The number of benzene rings is 2. The Morgan fingerprint density at radius 1 is 0.732 bits per heavy atom. The molecule has 2 atom stereocenters. The van der Waals surface area contributed by atoms with E-state index in [4.69, 9.17) is 38.5 Å². The van der Waals surface area contributed by atoms with Crippen molar-refractivity contribution in [2.45, 2.75) is 65.6 Å². The summed E-state index contributed by atoms with van der Waals surface area (Å²) in [7, 11) is 3.22. The van der Waals surface area contributed by atoms with Crippen LogP contribution in [-0.4, -0.2) is 138 Å². The Balaban J connectivity index is 0.000000228. The van der Waals surface area contributed by atoms with Crippen molar-refractivity contribution in [2.75, 3.05) is 40.4 Å². The molecule has 0 bridgehead atoms. The second-order valence-corrected chi connectivity index (χ2v) is 20.1. The molecule has 0 radical (unpaired) electrons. The van der Waals surface area contributed by atoms with Gasteiger partial charge in [0.05, 0.1) is 75.0 Å². The summed E-state index contributed by atoms with van der Waals surface area (Å²) in [6, 6.07) is 20.2. The SMILES string of the molecule is COc1ccc(COc2cnc(-c3cc(CNC(=O)C4=C(C(=O)OC(C)(C)C)N5C(=O)[C@@H](C)CN5C4)on3)cc2OCc2ccc(OC)cc2)cc1.N[C@H]1CN2CC(C(=O)NCc3cc(-c4cc(=O)c(O)c[nH]4)no3)=C(C(=O)O)N2C1=O. The molecule has 4 aromatic heterocycles. The van der Waals surface area contributed by atoms with Crippen molar-refractivity contribution < 1.29 is 71.7 Å². The van der Waals surface area contributed by atoms with Crippen LogP contribution in [0.25, 0.3) is 22.8 Å². The number of carboxylic acid groups (broad SMARTS) is 1. The van der Waals surface area contributed by atoms with E-state index in [1.54, 1.807) is 65.3 Å². The van der Waals surface area contributed by atoms with Gasteiger partial charge < -0.3 is 64.3 Å². The summed E-state index contributed by atoms with van der Waals surface area (Å²) in [4.78, 5) is 94.6. The third kappa shape index (κ3) is 12.6. The second-order valence-electron chi connectivity index (χ2n) is 20.1. The monoisotopic (exact) mass is 1130 g/mol. The van der Waals surface area contributed by atoms with Gasteiger partial charge in [-0.05, 0) is 56.2 Å². The zero-order valence-corrected chi connectivity index (χ0v) is 45.2. The fraction of sp³-hybridized carbons (Fsp3) is 0.309. The molecule has 0 saturated carbocycles. The maximum atomic E-state index is 13.4. The van der Waals surface area contributed by atoms with Crippen LogP contribution in [0.2, 0.25) is 0 Å². The fourth-order valence-electron chi connectivity index (χ4n) is 8.92. The number of nitrogens with zero attached hydrogens (tertiary/aromatic N) is 7. The molecule has 428 valence electrons. The number of carboxylic acids is 1. The molecule has 10 rings (SSSR count). The standard InChI is InChI=1S/C38H41N5O9.C17H16N6O7/c1-23-19-42-20-29(34(43(42)36(23)45)37(46)51-38(2,3)4)35(44)40-17-28-15-31(41-52-28)30-16-32(49-21-24-7-11-26(47-5)12-8-24)33(18-39-30)50-22-25-9-13-27(48-6)14-10-25;18-9-6-22-5-8(14(17(28)29)23(22)16(9)27)15(26)20-3-7-1-11(21-30-7)10-2-12(24)13(25)4-19-10/h7-16,18,23H,17,19-22H2,1-6H3,(H,40,44);1-2,4,9,25H,3,5-6,18H2,(H,19,24)(H,20,26)(H,28,29)/t23-;9-/m00/s1. The van der Waals surface area contributed by atoms with Crippen molar-refractivity contribution in [2.24, 2.45) is 11.7 Å². The molecule has 82 heavy (non-hydrogen) atoms. The van der Waals surface area contributed by atoms with Gasteiger partial charge in [0.1, 0.15) is 47.7 Å². The van der Waals surface area contributed by atoms with Crippen molar-refractivity contribution >= 4 is 35.6 Å². The third-order valence-electron chi connectivity index (χ3n) is 13.0. The number of rotatable bonds is 18. The van der Waals surface area contributed by atoms with E-state index in [0.717, 1.165) is 39.9 Å². The van der Waals surface area contributed by atoms with E-state index in [1.165, 1.54) is 16.1 Å². The minimum atomic E-state index is -1.41. The lowest BCUT2D eigenvalue weighted by Gasteiger charge is -2.24. The van der Waals surface area contributed by atoms with Crippen molar-refractivity contribution in [3.8, 4) is 51.5 Å². The Morgan fingerprint density at radius 2 is 1.27 bits per heavy atom. The van der Waals surface area contributed by atoms with Crippen LogP contribution in [0, 0.1) is 5.92 Å². The number of aromatic nitrogens is 4. The summed E-state index contributed by atoms with van der Waals surface area (Å²) in [6.07, 6.45) is 2.68. The van der Waals surface area contributed by atoms with Gasteiger partial charge in [-0.15, -0.1) is 0 Å². The first-order chi connectivity index (χ1) is 39.2. The van der Waals surface area contributed by atoms with Gasteiger partial charge in [-0.2, -0.15) is 0 Å². The zero-order chi connectivity index (χ0) is 58.6. The number of carbonyl (C=O) groups excluding carboxylic acids is 5. The molecule has 2 fully saturated rings. The van der Waals surface area contributed by atoms with Gasteiger partial charge >= 0.3 is 11.9 Å². The van der Waals surface area contributed by atoms with Crippen LogP contribution in [0.1, 0.15) is 50.3 Å². The molecule has 0 spiro atoms. The minimum absolute atomic E-state index is 0.0365. The highest BCUT2D eigenvalue weighted by atomic mass is 16.6. The average molecular weight is 1130 g/mol. The Kier molecular flexibility index (Phi) is 16.5. The summed E-state index contributed by atoms with van der Waals surface area (Å²) in [6.45, 7) is 7.85. The number of aromatic amines is 1. The lowest BCUT2D eigenvalue weighted by molar-refractivity contribution is -0.156. The van der Waals surface area contributed by atoms with Gasteiger partial charge in [0, 0.05) is 43.6 Å². The number of pyridine rings is 2. The van der Waals surface area contributed by atoms with Gasteiger partial charge in [-0.1, -0.05) is 41.5 Å². The summed E-state index contributed by atoms with van der Waals surface area (Å²) < 4.78 is 39.1. The molecule has 0 aliphatic carbocycles. The van der Waals surface area contributed by atoms with E-state index in [2.05, 4.69) is 30.9 Å². The number of nitrogens with two attached hydrogens (primary N) is 1. The summed E-state index contributed by atoms with van der Waals surface area (Å²) in [5.41, 5.74) is 7.08. The number of aliphatic carboxylic acids is 1. The highest BCUT2D eigenvalue weighted by molar-refractivity contribution is 6.07. The molecule has 27 heteroatoms. The highest BCUT2D eigenvalue weighted by Gasteiger charge is 2.49. The molecule has 27 nitrogen and oxygen atoms in total. The maximum Gasteiger partial charge on any atom is 0.357 e. The molecule has 6 aromatic rings. The molecule has 2 aromatic carbocycles. The number of aromatic hydroxyl groups is 1. The number of methoxy groups -OCH3 is 2. The van der Waals surface area contributed by atoms with Crippen LogP contribution >= 0.6 is 0 Å². The van der Waals surface area contributed by atoms with E-state index in [9.17, 15) is 43.8 Å². The van der Waals surface area contributed by atoms with Crippen LogP contribution in [-0.2, 0) is 59.8 Å². The molecule has 2 saturated heterocycles. The predicted molar refractivity (Wildman–Crippen MR) is 284 cm³/mol. The smallest absolute Gasteiger partial charge is 0.357 e. The minimum Gasteiger partial charge on any atom is -0.503 e. The topological polar surface area (TPSA) is 350 Å². The van der Waals surface area contributed by atoms with Crippen molar-refractivity contribution in [3.05, 3.63) is 141 Å². The van der Waals surface area contributed by atoms with Gasteiger partial charge in [0.15, 0.2) is 40.2 Å². The Labute approximate surface area is 466 Å². The molecule has 8 heterocycles. The molecular formula is C55H57N11O16. The number of amides is 4. The summed E-state index contributed by atoms with van der Waals surface area (Å²) >= 11 is 0. The maximum absolute atomic E-state index is 13.4. The lowest BCUT2D eigenvalue weighted by Crippen LogP contribution is -2.38. The first kappa shape index (κ1) is 56.8. The number of nitrogens with one attached hydrogen (secondary N) is 3. The normalized spacial score (nSPS) is 16.9. The summed E-state index contributed by atoms with van der Waals surface area (Å²) in [5, 5.41) is 37.3. The number of esters is 1. The number of hydrogen-bond donors (Lipinski definition) is 6. The molecular weight excluding hydrogens is 1070 g/mol. The number of ether oxygens (including phenoxy) is 5. The quantitative estimate of drug-likeness (QED) is 0.0674. The third-order valence-corrected chi connectivity index (χ3v) is 13.0. The number of H-pyrrole nitrogens is 1. The Morgan fingerprint density at radius 3 is 1.83 bits per heavy atom. The number of fused-ring (bicyclic) bond motifs is 2. The molecule has 7 N–H and O–H groups in total. The zero-order valence-electron chi connectivity index (χ0n) is 45.2. The first-order valence-corrected chi connectivity index (χ1v) is 25.5. The number of hydrogen-bond acceptors (Lipinski definition) is 21. The number of carbonyl (C=O) groups is 6. The predicted octanol–water partition coefficient (Wildman–Crippen LogP) is 2.92. The van der Waals surface area contributed by atoms with Gasteiger partial charge in [0.25, 0.3) is 17.7 Å². The highest BCUT2D eigenvalue weighted by Crippen LogP contribution is 2.35. The van der Waals surface area contributed by atoms with Crippen molar-refractivity contribution in [3.63, 3.8) is 0 Å². The van der Waals surface area contributed by atoms with Crippen molar-refractivity contribution in [1.29, 1.82) is 0 Å². The van der Waals surface area contributed by atoms with Gasteiger partial charge in [-0.25, -0.2) is 29.6 Å². The van der Waals surface area contributed by atoms with E-state index in [0.29, 0.717) is 40.9 Å². The Hall–Kier alpha value is -9.86. The van der Waals surface area contributed by atoms with Crippen LogP contribution < -0.4 is 40.7 Å². The average Bonchev–Trinajstić information content (AvgIpc) is 4.45.